The number of halogens is 2. The molecule has 1 aromatic carbocycles. The number of hydrogen-bond acceptors (Lipinski definition) is 3. The first-order chi connectivity index (χ1) is 14.0. The number of allylic oxidation sites excluding steroid dienone is 5. The van der Waals surface area contributed by atoms with E-state index in [1.54, 1.807) is 11.3 Å². The molecule has 3 aromatic rings. The third kappa shape index (κ3) is 5.41. The van der Waals surface area contributed by atoms with Crippen molar-refractivity contribution in [3.8, 4) is 0 Å². The summed E-state index contributed by atoms with van der Waals surface area (Å²) in [5.74, 6) is -0.829. The Labute approximate surface area is 181 Å². The van der Waals surface area contributed by atoms with Gasteiger partial charge in [0.1, 0.15) is 0 Å². The molecule has 2 aromatic heterocycles. The number of carbonyl (C=O) groups is 1. The van der Waals surface area contributed by atoms with E-state index in [9.17, 15) is 9.18 Å². The van der Waals surface area contributed by atoms with Crippen LogP contribution in [-0.4, -0.2) is 15.0 Å². The first-order valence-corrected chi connectivity index (χ1v) is 10.9. The summed E-state index contributed by atoms with van der Waals surface area (Å²) in [6.07, 6.45) is 10.1. The third-order valence-electron chi connectivity index (χ3n) is 4.19. The van der Waals surface area contributed by atoms with Crippen LogP contribution in [0.2, 0.25) is 5.02 Å². The molecule has 0 fully saturated rings. The summed E-state index contributed by atoms with van der Waals surface area (Å²) in [7, 11) is 0. The molecule has 0 aliphatic carbocycles. The third-order valence-corrected chi connectivity index (χ3v) is 6.64. The zero-order valence-electron chi connectivity index (χ0n) is 15.6. The molecule has 7 heteroatoms. The number of thiophene rings is 1. The highest BCUT2D eigenvalue weighted by Crippen LogP contribution is 2.36. The molecule has 1 N–H and O–H groups in total. The van der Waals surface area contributed by atoms with E-state index in [-0.39, 0.29) is 6.42 Å². The zero-order chi connectivity index (χ0) is 20.8. The van der Waals surface area contributed by atoms with Gasteiger partial charge in [0, 0.05) is 39.9 Å². The van der Waals surface area contributed by atoms with Crippen LogP contribution in [0.25, 0.3) is 16.5 Å². The van der Waals surface area contributed by atoms with Gasteiger partial charge in [-0.3, -0.25) is 8.77 Å². The van der Waals surface area contributed by atoms with Crippen LogP contribution < -0.4 is 0 Å². The SMILES string of the molecule is C\C=C/C=C(\C=C\F)c1ccc(Sn2cc(CCC(=O)O)c3cc(Cl)ccc32)s1. The maximum Gasteiger partial charge on any atom is 0.303 e. The van der Waals surface area contributed by atoms with Gasteiger partial charge in [-0.15, -0.1) is 11.3 Å². The van der Waals surface area contributed by atoms with Crippen LogP contribution in [0.1, 0.15) is 23.8 Å². The molecule has 0 radical (unpaired) electrons. The maximum absolute atomic E-state index is 12.7. The van der Waals surface area contributed by atoms with Crippen molar-refractivity contribution in [3.05, 3.63) is 82.6 Å². The normalized spacial score (nSPS) is 12.6. The van der Waals surface area contributed by atoms with E-state index < -0.39 is 5.97 Å². The van der Waals surface area contributed by atoms with Crippen LogP contribution in [-0.2, 0) is 11.2 Å². The predicted octanol–water partition coefficient (Wildman–Crippen LogP) is 7.37. The summed E-state index contributed by atoms with van der Waals surface area (Å²) in [6, 6.07) is 9.60. The lowest BCUT2D eigenvalue weighted by molar-refractivity contribution is -0.136. The van der Waals surface area contributed by atoms with Crippen LogP contribution in [0.3, 0.4) is 0 Å². The molecule has 0 saturated carbocycles. The Balaban J connectivity index is 1.92. The van der Waals surface area contributed by atoms with Gasteiger partial charge in [0.05, 0.1) is 16.1 Å². The van der Waals surface area contributed by atoms with Gasteiger partial charge in [-0.2, -0.15) is 0 Å². The molecule has 0 unspecified atom stereocenters. The fourth-order valence-corrected chi connectivity index (χ4v) is 5.20. The molecule has 2 heterocycles. The van der Waals surface area contributed by atoms with E-state index >= 15 is 0 Å². The van der Waals surface area contributed by atoms with Gasteiger partial charge >= 0.3 is 5.97 Å². The second-order valence-electron chi connectivity index (χ2n) is 6.19. The highest BCUT2D eigenvalue weighted by molar-refractivity contribution is 7.99. The largest absolute Gasteiger partial charge is 0.481 e. The van der Waals surface area contributed by atoms with Crippen LogP contribution in [0.5, 0.6) is 0 Å². The van der Waals surface area contributed by atoms with Gasteiger partial charge in [0.2, 0.25) is 0 Å². The Kier molecular flexibility index (Phi) is 7.36. The highest BCUT2D eigenvalue weighted by Gasteiger charge is 2.13. The molecule has 0 aliphatic heterocycles. The number of rotatable bonds is 8. The maximum atomic E-state index is 12.7. The van der Waals surface area contributed by atoms with E-state index in [0.29, 0.717) is 17.8 Å². The fraction of sp³-hybridized carbons (Fsp3) is 0.136. The van der Waals surface area contributed by atoms with E-state index in [1.807, 2.05) is 65.7 Å². The first kappa shape index (κ1) is 21.4. The monoisotopic (exact) mass is 447 g/mol. The fourth-order valence-electron chi connectivity index (χ4n) is 2.86. The molecular formula is C22H19ClFNO2S2. The minimum Gasteiger partial charge on any atom is -0.481 e. The number of aromatic nitrogens is 1. The summed E-state index contributed by atoms with van der Waals surface area (Å²) in [5.41, 5.74) is 2.72. The quantitative estimate of drug-likeness (QED) is 0.366. The number of aryl methyl sites for hydroxylation is 1. The summed E-state index contributed by atoms with van der Waals surface area (Å²) in [6.45, 7) is 1.91. The van der Waals surface area contributed by atoms with E-state index in [4.69, 9.17) is 16.7 Å². The number of fused-ring (bicyclic) bond motifs is 1. The average molecular weight is 448 g/mol. The molecule has 3 rings (SSSR count). The van der Waals surface area contributed by atoms with Crippen molar-refractivity contribution < 1.29 is 14.3 Å². The molecule has 29 heavy (non-hydrogen) atoms. The number of aliphatic carboxylic acids is 1. The van der Waals surface area contributed by atoms with Gasteiger partial charge in [-0.25, -0.2) is 4.39 Å². The minimum absolute atomic E-state index is 0.0636. The second kappa shape index (κ2) is 9.96. The number of carboxylic acids is 1. The zero-order valence-corrected chi connectivity index (χ0v) is 18.0. The van der Waals surface area contributed by atoms with Crippen LogP contribution in [0.15, 0.2) is 71.4 Å². The molecule has 0 bridgehead atoms. The van der Waals surface area contributed by atoms with E-state index in [0.717, 1.165) is 31.1 Å². The number of hydrogen-bond donors (Lipinski definition) is 1. The molecule has 0 amide bonds. The topological polar surface area (TPSA) is 42.2 Å². The standard InChI is InChI=1S/C22H19ClFNO2S2/c1-2-3-4-15(11-12-24)20-8-10-22(28-20)29-25-14-16(5-9-21(26)27)18-13-17(23)6-7-19(18)25/h2-4,6-8,10-14H,5,9H2,1H3,(H,26,27)/b3-2-,12-11+,15-4+. The Morgan fingerprint density at radius 3 is 2.90 bits per heavy atom. The van der Waals surface area contributed by atoms with Crippen molar-refractivity contribution in [1.29, 1.82) is 0 Å². The lowest BCUT2D eigenvalue weighted by Crippen LogP contribution is -1.96. The number of carboxylic acid groups (broad SMARTS) is 1. The van der Waals surface area contributed by atoms with Crippen molar-refractivity contribution >= 4 is 57.3 Å². The molecule has 0 spiro atoms. The van der Waals surface area contributed by atoms with E-state index in [2.05, 4.69) is 0 Å². The number of nitrogens with zero attached hydrogens (tertiary/aromatic N) is 1. The summed E-state index contributed by atoms with van der Waals surface area (Å²) >= 11 is 9.26. The average Bonchev–Trinajstić information content (AvgIpc) is 3.28. The molecular weight excluding hydrogens is 429 g/mol. The van der Waals surface area contributed by atoms with Crippen molar-refractivity contribution in [1.82, 2.24) is 3.97 Å². The summed E-state index contributed by atoms with van der Waals surface area (Å²) in [5, 5.41) is 10.6. The van der Waals surface area contributed by atoms with Crippen LogP contribution in [0, 0.1) is 0 Å². The Hall–Kier alpha value is -2.28. The van der Waals surface area contributed by atoms with Crippen molar-refractivity contribution in [2.75, 3.05) is 0 Å². The van der Waals surface area contributed by atoms with Gasteiger partial charge in [-0.1, -0.05) is 29.8 Å². The molecule has 150 valence electrons. The van der Waals surface area contributed by atoms with Gasteiger partial charge in [-0.05, 0) is 60.9 Å². The molecule has 0 atom stereocenters. The van der Waals surface area contributed by atoms with Crippen molar-refractivity contribution in [2.45, 2.75) is 24.0 Å². The van der Waals surface area contributed by atoms with Crippen LogP contribution >= 0.6 is 34.9 Å². The molecule has 3 nitrogen and oxygen atoms in total. The van der Waals surface area contributed by atoms with Gasteiger partial charge in [0.25, 0.3) is 0 Å². The Morgan fingerprint density at radius 1 is 1.34 bits per heavy atom. The summed E-state index contributed by atoms with van der Waals surface area (Å²) < 4.78 is 15.8. The summed E-state index contributed by atoms with van der Waals surface area (Å²) in [4.78, 5) is 12.0. The lowest BCUT2D eigenvalue weighted by atomic mass is 10.1. The lowest BCUT2D eigenvalue weighted by Gasteiger charge is -2.02. The smallest absolute Gasteiger partial charge is 0.303 e. The van der Waals surface area contributed by atoms with Gasteiger partial charge in [0.15, 0.2) is 0 Å². The first-order valence-electron chi connectivity index (χ1n) is 8.91. The van der Waals surface area contributed by atoms with Crippen molar-refractivity contribution in [2.24, 2.45) is 0 Å². The minimum atomic E-state index is -0.829. The predicted molar refractivity (Wildman–Crippen MR) is 122 cm³/mol. The molecule has 0 aliphatic rings. The van der Waals surface area contributed by atoms with Crippen LogP contribution in [0.4, 0.5) is 4.39 Å². The van der Waals surface area contributed by atoms with Crippen molar-refractivity contribution in [3.63, 3.8) is 0 Å². The Morgan fingerprint density at radius 2 is 2.17 bits per heavy atom. The number of benzene rings is 1. The van der Waals surface area contributed by atoms with E-state index in [1.165, 1.54) is 18.0 Å². The highest BCUT2D eigenvalue weighted by atomic mass is 35.5. The Bertz CT molecular complexity index is 1110. The van der Waals surface area contributed by atoms with Gasteiger partial charge < -0.3 is 5.11 Å². The second-order valence-corrected chi connectivity index (χ2v) is 8.98. The molecule has 0 saturated heterocycles.